The van der Waals surface area contributed by atoms with E-state index in [0.29, 0.717) is 6.42 Å². The molecule has 1 aromatic heterocycles. The molecule has 1 aliphatic carbocycles. The van der Waals surface area contributed by atoms with Crippen LogP contribution >= 0.6 is 0 Å². The van der Waals surface area contributed by atoms with E-state index in [1.165, 1.54) is 6.33 Å². The minimum absolute atomic E-state index is 0.122. The Morgan fingerprint density at radius 3 is 2.94 bits per heavy atom. The summed E-state index contributed by atoms with van der Waals surface area (Å²) < 4.78 is 0. The molecule has 6 nitrogen and oxygen atoms in total. The van der Waals surface area contributed by atoms with Crippen LogP contribution in [0.3, 0.4) is 0 Å². The van der Waals surface area contributed by atoms with Gasteiger partial charge < -0.3 is 15.2 Å². The molecule has 3 atom stereocenters. The first-order chi connectivity index (χ1) is 8.66. The summed E-state index contributed by atoms with van der Waals surface area (Å²) >= 11 is 0. The van der Waals surface area contributed by atoms with Gasteiger partial charge >= 0.3 is 5.97 Å². The van der Waals surface area contributed by atoms with E-state index in [0.717, 1.165) is 31.4 Å². The first kappa shape index (κ1) is 13.0. The number of imidazole rings is 1. The number of aromatic nitrogens is 2. The van der Waals surface area contributed by atoms with E-state index in [-0.39, 0.29) is 6.04 Å². The second kappa shape index (κ2) is 5.97. The number of carboxylic acids is 1. The maximum absolute atomic E-state index is 11.2. The molecule has 1 saturated carbocycles. The molecular weight excluding hydrogens is 234 g/mol. The Balaban J connectivity index is 1.95. The van der Waals surface area contributed by atoms with Crippen molar-refractivity contribution >= 4 is 5.97 Å². The van der Waals surface area contributed by atoms with Gasteiger partial charge in [-0.2, -0.15) is 0 Å². The molecule has 100 valence electrons. The molecule has 0 unspecified atom stereocenters. The third-order valence-corrected chi connectivity index (χ3v) is 3.42. The lowest BCUT2D eigenvalue weighted by molar-refractivity contribution is -0.140. The molecule has 0 amide bonds. The molecule has 0 bridgehead atoms. The molecule has 0 spiro atoms. The number of hydrogen-bond acceptors (Lipinski definition) is 4. The van der Waals surface area contributed by atoms with E-state index >= 15 is 0 Å². The number of hydrogen-bond donors (Lipinski definition) is 4. The van der Waals surface area contributed by atoms with Gasteiger partial charge in [0.1, 0.15) is 6.04 Å². The highest BCUT2D eigenvalue weighted by molar-refractivity contribution is 5.73. The van der Waals surface area contributed by atoms with E-state index in [4.69, 9.17) is 0 Å². The SMILES string of the molecule is O=C(O)[C@H](Cc1cnc[nH]1)N[C@H]1CCCC[C@H]1O. The zero-order chi connectivity index (χ0) is 13.0. The fraction of sp³-hybridized carbons (Fsp3) is 0.667. The molecule has 1 heterocycles. The van der Waals surface area contributed by atoms with Crippen molar-refractivity contribution in [2.75, 3.05) is 0 Å². The standard InChI is InChI=1S/C12H19N3O3/c16-11-4-2-1-3-9(11)15-10(12(17)18)5-8-6-13-7-14-8/h6-7,9-11,15-16H,1-5H2,(H,13,14)(H,17,18)/t9-,10-,11+/m0/s1. The molecule has 6 heteroatoms. The Bertz CT molecular complexity index is 380. The van der Waals surface area contributed by atoms with Gasteiger partial charge in [-0.1, -0.05) is 12.8 Å². The molecule has 4 N–H and O–H groups in total. The van der Waals surface area contributed by atoms with Crippen molar-refractivity contribution in [3.8, 4) is 0 Å². The van der Waals surface area contributed by atoms with Crippen molar-refractivity contribution in [2.24, 2.45) is 0 Å². The van der Waals surface area contributed by atoms with E-state index in [1.807, 2.05) is 0 Å². The van der Waals surface area contributed by atoms with Gasteiger partial charge in [0, 0.05) is 24.4 Å². The monoisotopic (exact) mass is 253 g/mol. The topological polar surface area (TPSA) is 98.2 Å². The smallest absolute Gasteiger partial charge is 0.321 e. The van der Waals surface area contributed by atoms with Crippen LogP contribution in [0, 0.1) is 0 Å². The van der Waals surface area contributed by atoms with Crippen molar-refractivity contribution in [1.82, 2.24) is 15.3 Å². The Hall–Kier alpha value is -1.40. The molecular formula is C12H19N3O3. The second-order valence-electron chi connectivity index (χ2n) is 4.80. The summed E-state index contributed by atoms with van der Waals surface area (Å²) in [5.41, 5.74) is 0.778. The first-order valence-corrected chi connectivity index (χ1v) is 6.31. The van der Waals surface area contributed by atoms with Crippen molar-refractivity contribution < 1.29 is 15.0 Å². The Morgan fingerprint density at radius 1 is 1.56 bits per heavy atom. The van der Waals surface area contributed by atoms with Crippen molar-refractivity contribution in [1.29, 1.82) is 0 Å². The fourth-order valence-corrected chi connectivity index (χ4v) is 2.40. The minimum atomic E-state index is -0.901. The maximum atomic E-state index is 11.2. The number of carboxylic acid groups (broad SMARTS) is 1. The number of aromatic amines is 1. The van der Waals surface area contributed by atoms with Gasteiger partial charge in [0.05, 0.1) is 12.4 Å². The summed E-state index contributed by atoms with van der Waals surface area (Å²) in [6, 6.07) is -0.814. The zero-order valence-electron chi connectivity index (χ0n) is 10.2. The number of H-pyrrole nitrogens is 1. The Labute approximate surface area is 105 Å². The van der Waals surface area contributed by atoms with E-state index < -0.39 is 18.1 Å². The lowest BCUT2D eigenvalue weighted by Gasteiger charge is -2.30. The predicted octanol–water partition coefficient (Wildman–Crippen LogP) is 0.298. The lowest BCUT2D eigenvalue weighted by atomic mass is 9.91. The summed E-state index contributed by atoms with van der Waals surface area (Å²) in [7, 11) is 0. The third kappa shape index (κ3) is 3.30. The van der Waals surface area contributed by atoms with Gasteiger partial charge in [0.15, 0.2) is 0 Å². The van der Waals surface area contributed by atoms with Crippen LogP contribution in [0.25, 0.3) is 0 Å². The number of carbonyl (C=O) groups is 1. The van der Waals surface area contributed by atoms with Crippen LogP contribution in [0.4, 0.5) is 0 Å². The number of nitrogens with one attached hydrogen (secondary N) is 2. The quantitative estimate of drug-likeness (QED) is 0.605. The largest absolute Gasteiger partial charge is 0.480 e. The van der Waals surface area contributed by atoms with Crippen LogP contribution in [-0.4, -0.2) is 44.3 Å². The Kier molecular flexibility index (Phi) is 4.33. The van der Waals surface area contributed by atoms with Crippen LogP contribution in [0.2, 0.25) is 0 Å². The average molecular weight is 253 g/mol. The van der Waals surface area contributed by atoms with Gasteiger partial charge in [0.2, 0.25) is 0 Å². The van der Waals surface area contributed by atoms with Crippen LogP contribution in [0.1, 0.15) is 31.4 Å². The van der Waals surface area contributed by atoms with Gasteiger partial charge in [-0.3, -0.25) is 10.1 Å². The number of aliphatic carboxylic acids is 1. The maximum Gasteiger partial charge on any atom is 0.321 e. The minimum Gasteiger partial charge on any atom is -0.480 e. The fourth-order valence-electron chi connectivity index (χ4n) is 2.40. The summed E-state index contributed by atoms with van der Waals surface area (Å²) in [4.78, 5) is 18.0. The second-order valence-corrected chi connectivity index (χ2v) is 4.80. The van der Waals surface area contributed by atoms with Crippen molar-refractivity contribution in [3.63, 3.8) is 0 Å². The van der Waals surface area contributed by atoms with Crippen LogP contribution in [-0.2, 0) is 11.2 Å². The molecule has 0 aliphatic heterocycles. The predicted molar refractivity (Wildman–Crippen MR) is 65.1 cm³/mol. The van der Waals surface area contributed by atoms with Gasteiger partial charge in [0.25, 0.3) is 0 Å². The summed E-state index contributed by atoms with van der Waals surface area (Å²) in [6.07, 6.45) is 6.67. The third-order valence-electron chi connectivity index (χ3n) is 3.42. The molecule has 1 aliphatic rings. The summed E-state index contributed by atoms with van der Waals surface area (Å²) in [6.45, 7) is 0. The number of aliphatic hydroxyl groups is 1. The van der Waals surface area contributed by atoms with E-state index in [2.05, 4.69) is 15.3 Å². The zero-order valence-corrected chi connectivity index (χ0v) is 10.2. The molecule has 0 aromatic carbocycles. The lowest BCUT2D eigenvalue weighted by Crippen LogP contribution is -2.50. The summed E-state index contributed by atoms with van der Waals surface area (Å²) in [5, 5.41) is 22.1. The molecule has 18 heavy (non-hydrogen) atoms. The highest BCUT2D eigenvalue weighted by Crippen LogP contribution is 2.19. The number of nitrogens with zero attached hydrogens (tertiary/aromatic N) is 1. The summed E-state index contributed by atoms with van der Waals surface area (Å²) in [5.74, 6) is -0.901. The normalized spacial score (nSPS) is 25.8. The molecule has 2 rings (SSSR count). The number of rotatable bonds is 5. The molecule has 1 aromatic rings. The highest BCUT2D eigenvalue weighted by Gasteiger charge is 2.28. The molecule has 1 fully saturated rings. The van der Waals surface area contributed by atoms with Crippen molar-refractivity contribution in [2.45, 2.75) is 50.3 Å². The van der Waals surface area contributed by atoms with Gasteiger partial charge in [-0.25, -0.2) is 4.98 Å². The van der Waals surface area contributed by atoms with Crippen LogP contribution in [0.15, 0.2) is 12.5 Å². The molecule has 0 saturated heterocycles. The number of aliphatic hydroxyl groups excluding tert-OH is 1. The van der Waals surface area contributed by atoms with Crippen LogP contribution in [0.5, 0.6) is 0 Å². The molecule has 0 radical (unpaired) electrons. The van der Waals surface area contributed by atoms with Gasteiger partial charge in [-0.05, 0) is 12.8 Å². The first-order valence-electron chi connectivity index (χ1n) is 6.31. The van der Waals surface area contributed by atoms with Crippen molar-refractivity contribution in [3.05, 3.63) is 18.2 Å². The van der Waals surface area contributed by atoms with Gasteiger partial charge in [-0.15, -0.1) is 0 Å². The highest BCUT2D eigenvalue weighted by atomic mass is 16.4. The Morgan fingerprint density at radius 2 is 2.33 bits per heavy atom. The van der Waals surface area contributed by atoms with E-state index in [9.17, 15) is 15.0 Å². The average Bonchev–Trinajstić information content (AvgIpc) is 2.83. The van der Waals surface area contributed by atoms with Crippen LogP contribution < -0.4 is 5.32 Å². The van der Waals surface area contributed by atoms with E-state index in [1.54, 1.807) is 6.20 Å².